The van der Waals surface area contributed by atoms with Crippen molar-refractivity contribution in [1.29, 1.82) is 0 Å². The lowest BCUT2D eigenvalue weighted by Gasteiger charge is -2.20. The van der Waals surface area contributed by atoms with Crippen LogP contribution in [0, 0.1) is 5.41 Å². The van der Waals surface area contributed by atoms with Crippen LogP contribution in [-0.4, -0.2) is 10.1 Å². The van der Waals surface area contributed by atoms with E-state index in [9.17, 15) is 5.11 Å². The third-order valence-electron chi connectivity index (χ3n) is 3.35. The molecule has 0 radical (unpaired) electrons. The van der Waals surface area contributed by atoms with Crippen molar-refractivity contribution in [1.82, 2.24) is 4.98 Å². The number of aliphatic hydroxyl groups excluding tert-OH is 1. The highest BCUT2D eigenvalue weighted by Gasteiger charge is 2.16. The summed E-state index contributed by atoms with van der Waals surface area (Å²) in [5.41, 5.74) is 2.99. The molecule has 0 aliphatic rings. The van der Waals surface area contributed by atoms with Gasteiger partial charge >= 0.3 is 0 Å². The number of pyridine rings is 1. The Labute approximate surface area is 134 Å². The van der Waals surface area contributed by atoms with Crippen molar-refractivity contribution in [3.05, 3.63) is 54.2 Å². The fourth-order valence-corrected chi connectivity index (χ4v) is 2.12. The van der Waals surface area contributed by atoms with Gasteiger partial charge in [-0.15, -0.1) is 0 Å². The van der Waals surface area contributed by atoms with Gasteiger partial charge in [0.15, 0.2) is 0 Å². The molecule has 1 N–H and O–H groups in total. The number of hydrogen-bond donors (Lipinski definition) is 1. The Kier molecular flexibility index (Phi) is 6.43. The minimum absolute atomic E-state index is 0. The van der Waals surface area contributed by atoms with Crippen molar-refractivity contribution < 1.29 is 5.11 Å². The first-order valence-corrected chi connectivity index (χ1v) is 7.16. The predicted octanol–water partition coefficient (Wildman–Crippen LogP) is 4.72. The van der Waals surface area contributed by atoms with Crippen molar-refractivity contribution in [2.75, 3.05) is 0 Å². The van der Waals surface area contributed by atoms with Gasteiger partial charge in [0.1, 0.15) is 0 Å². The first-order chi connectivity index (χ1) is 9.46. The van der Waals surface area contributed by atoms with Crippen LogP contribution < -0.4 is 0 Å². The summed E-state index contributed by atoms with van der Waals surface area (Å²) >= 11 is 0. The molecule has 0 saturated carbocycles. The van der Waals surface area contributed by atoms with Crippen LogP contribution in [0.4, 0.5) is 0 Å². The second-order valence-corrected chi connectivity index (χ2v) is 6.43. The van der Waals surface area contributed by atoms with Crippen LogP contribution in [0.2, 0.25) is 0 Å². The van der Waals surface area contributed by atoms with E-state index in [1.165, 1.54) is 0 Å². The molecule has 0 aliphatic carbocycles. The smallest absolute Gasteiger partial charge is 0.0960 e. The van der Waals surface area contributed by atoms with E-state index in [0.29, 0.717) is 0 Å². The lowest BCUT2D eigenvalue weighted by atomic mass is 9.88. The third kappa shape index (κ3) is 5.52. The molecule has 0 amide bonds. The van der Waals surface area contributed by atoms with Crippen LogP contribution in [-0.2, 0) is 0 Å². The Morgan fingerprint density at radius 2 is 1.67 bits per heavy atom. The van der Waals surface area contributed by atoms with E-state index in [4.69, 9.17) is 0 Å². The van der Waals surface area contributed by atoms with Gasteiger partial charge in [0.25, 0.3) is 0 Å². The zero-order valence-electron chi connectivity index (χ0n) is 13.0. The third-order valence-corrected chi connectivity index (χ3v) is 3.35. The normalized spacial score (nSPS) is 12.6. The topological polar surface area (TPSA) is 33.1 Å². The molecule has 1 heterocycles. The monoisotopic (exact) mass is 303 g/mol. The van der Waals surface area contributed by atoms with Crippen molar-refractivity contribution in [3.8, 4) is 11.3 Å². The number of aromatic nitrogens is 1. The molecule has 0 spiro atoms. The summed E-state index contributed by atoms with van der Waals surface area (Å²) in [7, 11) is 0. The van der Waals surface area contributed by atoms with Gasteiger partial charge in [-0.1, -0.05) is 57.2 Å². The standard InChI is InChI=1S/C18H23NO.H2S/c1-18(2,3)13-12-17(20)16-11-7-10-15(19-16)14-8-5-4-6-9-14;/h4-11,17,20H,12-13H2,1-3H3;1H2/t17-;/m0./s1. The maximum atomic E-state index is 10.3. The van der Waals surface area contributed by atoms with E-state index in [2.05, 4.69) is 25.8 Å². The summed E-state index contributed by atoms with van der Waals surface area (Å²) in [6.45, 7) is 6.56. The number of nitrogens with zero attached hydrogens (tertiary/aromatic N) is 1. The van der Waals surface area contributed by atoms with Crippen molar-refractivity contribution in [2.45, 2.75) is 39.7 Å². The molecule has 1 aromatic carbocycles. The highest BCUT2D eigenvalue weighted by Crippen LogP contribution is 2.27. The van der Waals surface area contributed by atoms with Crippen molar-refractivity contribution >= 4 is 13.5 Å². The summed E-state index contributed by atoms with van der Waals surface area (Å²) in [5.74, 6) is 0. The zero-order chi connectivity index (χ0) is 14.6. The zero-order valence-corrected chi connectivity index (χ0v) is 14.0. The number of rotatable bonds is 4. The van der Waals surface area contributed by atoms with Crippen molar-refractivity contribution in [2.24, 2.45) is 5.41 Å². The summed E-state index contributed by atoms with van der Waals surface area (Å²) in [6, 6.07) is 15.9. The quantitative estimate of drug-likeness (QED) is 0.886. The largest absolute Gasteiger partial charge is 0.387 e. The van der Waals surface area contributed by atoms with Crippen LogP contribution >= 0.6 is 13.5 Å². The van der Waals surface area contributed by atoms with Crippen LogP contribution in [0.25, 0.3) is 11.3 Å². The van der Waals surface area contributed by atoms with Crippen molar-refractivity contribution in [3.63, 3.8) is 0 Å². The molecule has 2 nitrogen and oxygen atoms in total. The summed E-state index contributed by atoms with van der Waals surface area (Å²) in [4.78, 5) is 4.59. The maximum absolute atomic E-state index is 10.3. The van der Waals surface area contributed by atoms with Crippen LogP contribution in [0.3, 0.4) is 0 Å². The second kappa shape index (κ2) is 7.62. The fraction of sp³-hybridized carbons (Fsp3) is 0.389. The lowest BCUT2D eigenvalue weighted by molar-refractivity contribution is 0.143. The molecule has 0 saturated heterocycles. The van der Waals surface area contributed by atoms with Gasteiger partial charge in [-0.2, -0.15) is 13.5 Å². The summed E-state index contributed by atoms with van der Waals surface area (Å²) < 4.78 is 0. The average molecular weight is 303 g/mol. The molecule has 0 unspecified atom stereocenters. The van der Waals surface area contributed by atoms with E-state index in [-0.39, 0.29) is 18.9 Å². The molecular weight excluding hydrogens is 278 g/mol. The predicted molar refractivity (Wildman–Crippen MR) is 93.7 cm³/mol. The first-order valence-electron chi connectivity index (χ1n) is 7.16. The molecule has 1 atom stereocenters. The molecule has 2 rings (SSSR count). The molecular formula is C18H25NOS. The molecule has 1 aromatic heterocycles. The van der Waals surface area contributed by atoms with Gasteiger partial charge in [-0.25, -0.2) is 0 Å². The molecule has 0 bridgehead atoms. The Hall–Kier alpha value is -1.32. The van der Waals surface area contributed by atoms with E-state index in [1.54, 1.807) is 0 Å². The van der Waals surface area contributed by atoms with E-state index in [0.717, 1.165) is 29.8 Å². The summed E-state index contributed by atoms with van der Waals surface area (Å²) in [5, 5.41) is 10.3. The highest BCUT2D eigenvalue weighted by atomic mass is 32.1. The average Bonchev–Trinajstić information content (AvgIpc) is 2.45. The van der Waals surface area contributed by atoms with Gasteiger partial charge in [-0.3, -0.25) is 4.98 Å². The minimum atomic E-state index is -0.488. The SMILES string of the molecule is CC(C)(C)CC[C@H](O)c1cccc(-c2ccccc2)n1.S. The number of aliphatic hydroxyl groups is 1. The Morgan fingerprint density at radius 1 is 1.00 bits per heavy atom. The van der Waals surface area contributed by atoms with Gasteiger partial charge in [0.2, 0.25) is 0 Å². The molecule has 0 fully saturated rings. The van der Waals surface area contributed by atoms with Gasteiger partial charge < -0.3 is 5.11 Å². The first kappa shape index (κ1) is 17.7. The fourth-order valence-electron chi connectivity index (χ4n) is 2.12. The molecule has 21 heavy (non-hydrogen) atoms. The molecule has 0 aliphatic heterocycles. The Morgan fingerprint density at radius 3 is 2.29 bits per heavy atom. The van der Waals surface area contributed by atoms with Crippen LogP contribution in [0.15, 0.2) is 48.5 Å². The Balaban J connectivity index is 0.00000220. The van der Waals surface area contributed by atoms with Gasteiger partial charge in [-0.05, 0) is 30.4 Å². The molecule has 3 heteroatoms. The van der Waals surface area contributed by atoms with E-state index in [1.807, 2.05) is 48.5 Å². The number of hydrogen-bond acceptors (Lipinski definition) is 2. The lowest BCUT2D eigenvalue weighted by Crippen LogP contribution is -2.09. The number of benzene rings is 1. The Bertz CT molecular complexity index is 549. The second-order valence-electron chi connectivity index (χ2n) is 6.43. The van der Waals surface area contributed by atoms with Crippen LogP contribution in [0.1, 0.15) is 45.4 Å². The highest BCUT2D eigenvalue weighted by molar-refractivity contribution is 7.59. The van der Waals surface area contributed by atoms with E-state index >= 15 is 0 Å². The van der Waals surface area contributed by atoms with Gasteiger partial charge in [0, 0.05) is 5.56 Å². The molecule has 2 aromatic rings. The van der Waals surface area contributed by atoms with Crippen LogP contribution in [0.5, 0.6) is 0 Å². The van der Waals surface area contributed by atoms with Gasteiger partial charge in [0.05, 0.1) is 17.5 Å². The molecule has 114 valence electrons. The summed E-state index contributed by atoms with van der Waals surface area (Å²) in [6.07, 6.45) is 1.23. The van der Waals surface area contributed by atoms with E-state index < -0.39 is 6.10 Å². The minimum Gasteiger partial charge on any atom is -0.387 e. The maximum Gasteiger partial charge on any atom is 0.0960 e.